The van der Waals surface area contributed by atoms with Crippen molar-refractivity contribution in [1.82, 2.24) is 4.90 Å². The highest BCUT2D eigenvalue weighted by Gasteiger charge is 2.37. The summed E-state index contributed by atoms with van der Waals surface area (Å²) in [4.78, 5) is 13.8. The molecule has 1 aromatic rings. The van der Waals surface area contributed by atoms with E-state index in [4.69, 9.17) is 5.73 Å². The van der Waals surface area contributed by atoms with Crippen LogP contribution in [0, 0.1) is 6.92 Å². The molecule has 1 saturated heterocycles. The molecule has 2 N–H and O–H groups in total. The fraction of sp³-hybridized carbons (Fsp3) is 0.500. The average Bonchev–Trinajstić information content (AvgIpc) is 2.54. The van der Waals surface area contributed by atoms with Crippen LogP contribution in [0.5, 0.6) is 0 Å². The fourth-order valence-corrected chi connectivity index (χ4v) is 2.60. The van der Waals surface area contributed by atoms with Crippen LogP contribution in [0.25, 0.3) is 0 Å². The predicted octanol–water partition coefficient (Wildman–Crippen LogP) is 2.01. The van der Waals surface area contributed by atoms with Gasteiger partial charge in [0.25, 0.3) is 0 Å². The minimum atomic E-state index is -0.0733. The summed E-state index contributed by atoms with van der Waals surface area (Å²) < 4.78 is 0. The maximum Gasteiger partial charge on any atom is 0.224 e. The topological polar surface area (TPSA) is 46.3 Å². The molecule has 0 saturated carbocycles. The smallest absolute Gasteiger partial charge is 0.224 e. The third kappa shape index (κ3) is 2.34. The highest BCUT2D eigenvalue weighted by atomic mass is 16.2. The molecule has 1 aromatic carbocycles. The number of rotatable bonds is 3. The molecule has 2 atom stereocenters. The van der Waals surface area contributed by atoms with Gasteiger partial charge < -0.3 is 10.6 Å². The van der Waals surface area contributed by atoms with E-state index in [9.17, 15) is 4.79 Å². The molecule has 2 rings (SSSR count). The number of nitrogens with two attached hydrogens (primary N) is 1. The second kappa shape index (κ2) is 4.88. The molecule has 92 valence electrons. The lowest BCUT2D eigenvalue weighted by Crippen LogP contribution is -2.33. The van der Waals surface area contributed by atoms with Crippen LogP contribution in [-0.4, -0.2) is 23.4 Å². The van der Waals surface area contributed by atoms with E-state index in [2.05, 4.69) is 32.0 Å². The highest BCUT2D eigenvalue weighted by molar-refractivity contribution is 5.80. The molecule has 0 radical (unpaired) electrons. The molecule has 0 aromatic heterocycles. The van der Waals surface area contributed by atoms with Crippen molar-refractivity contribution in [1.29, 1.82) is 0 Å². The van der Waals surface area contributed by atoms with Gasteiger partial charge in [0, 0.05) is 19.0 Å². The summed E-state index contributed by atoms with van der Waals surface area (Å²) in [6.07, 6.45) is 1.44. The first kappa shape index (κ1) is 12.1. The van der Waals surface area contributed by atoms with Gasteiger partial charge in [0.2, 0.25) is 5.91 Å². The first-order valence-electron chi connectivity index (χ1n) is 6.25. The van der Waals surface area contributed by atoms with Crippen LogP contribution in [0.3, 0.4) is 0 Å². The second-order valence-electron chi connectivity index (χ2n) is 4.81. The molecule has 0 spiro atoms. The van der Waals surface area contributed by atoms with Gasteiger partial charge in [-0.3, -0.25) is 4.79 Å². The van der Waals surface area contributed by atoms with Gasteiger partial charge in [0.05, 0.1) is 6.04 Å². The molecule has 1 heterocycles. The van der Waals surface area contributed by atoms with E-state index < -0.39 is 0 Å². The number of amides is 1. The zero-order chi connectivity index (χ0) is 12.4. The minimum absolute atomic E-state index is 0.0577. The summed E-state index contributed by atoms with van der Waals surface area (Å²) in [5.41, 5.74) is 8.49. The van der Waals surface area contributed by atoms with Crippen molar-refractivity contribution < 1.29 is 4.79 Å². The molecule has 1 fully saturated rings. The van der Waals surface area contributed by atoms with E-state index in [1.807, 2.05) is 11.0 Å². The monoisotopic (exact) mass is 232 g/mol. The molecule has 1 aliphatic rings. The molecule has 1 aliphatic heterocycles. The van der Waals surface area contributed by atoms with Crippen molar-refractivity contribution in [2.45, 2.75) is 38.8 Å². The predicted molar refractivity (Wildman–Crippen MR) is 68.5 cm³/mol. The Bertz CT molecular complexity index is 416. The van der Waals surface area contributed by atoms with E-state index in [0.717, 1.165) is 18.5 Å². The Labute approximate surface area is 103 Å². The van der Waals surface area contributed by atoms with E-state index in [-0.39, 0.29) is 18.0 Å². The molecule has 0 bridgehead atoms. The first-order valence-corrected chi connectivity index (χ1v) is 6.25. The van der Waals surface area contributed by atoms with Crippen molar-refractivity contribution >= 4 is 5.91 Å². The maximum absolute atomic E-state index is 11.9. The van der Waals surface area contributed by atoms with Crippen molar-refractivity contribution in [3.8, 4) is 0 Å². The third-order valence-corrected chi connectivity index (χ3v) is 3.32. The molecule has 3 nitrogen and oxygen atoms in total. The van der Waals surface area contributed by atoms with Crippen LogP contribution < -0.4 is 5.73 Å². The van der Waals surface area contributed by atoms with Crippen LogP contribution in [0.1, 0.15) is 36.9 Å². The number of aryl methyl sites for hydroxylation is 1. The zero-order valence-electron chi connectivity index (χ0n) is 10.5. The molecular weight excluding hydrogens is 212 g/mol. The normalized spacial score (nSPS) is 24.4. The van der Waals surface area contributed by atoms with Crippen molar-refractivity contribution in [3.05, 3.63) is 35.4 Å². The third-order valence-electron chi connectivity index (χ3n) is 3.32. The van der Waals surface area contributed by atoms with E-state index in [1.54, 1.807) is 0 Å². The van der Waals surface area contributed by atoms with Crippen molar-refractivity contribution in [2.24, 2.45) is 5.73 Å². The van der Waals surface area contributed by atoms with Gasteiger partial charge >= 0.3 is 0 Å². The van der Waals surface area contributed by atoms with E-state index >= 15 is 0 Å². The number of carbonyl (C=O) groups is 1. The largest absolute Gasteiger partial charge is 0.334 e. The highest BCUT2D eigenvalue weighted by Crippen LogP contribution is 2.32. The van der Waals surface area contributed by atoms with Gasteiger partial charge in [-0.1, -0.05) is 36.8 Å². The quantitative estimate of drug-likeness (QED) is 0.866. The molecule has 0 aliphatic carbocycles. The Balaban J connectivity index is 2.31. The molecular formula is C14H20N2O. The van der Waals surface area contributed by atoms with Gasteiger partial charge in [0.1, 0.15) is 0 Å². The van der Waals surface area contributed by atoms with E-state index in [0.29, 0.717) is 6.42 Å². The van der Waals surface area contributed by atoms with Gasteiger partial charge in [0.15, 0.2) is 0 Å². The molecule has 1 amide bonds. The maximum atomic E-state index is 11.9. The van der Waals surface area contributed by atoms with Crippen LogP contribution in [0.4, 0.5) is 0 Å². The number of hydrogen-bond donors (Lipinski definition) is 1. The van der Waals surface area contributed by atoms with Gasteiger partial charge in [-0.05, 0) is 18.9 Å². The minimum Gasteiger partial charge on any atom is -0.334 e. The number of benzene rings is 1. The molecule has 17 heavy (non-hydrogen) atoms. The second-order valence-corrected chi connectivity index (χ2v) is 4.81. The Hall–Kier alpha value is -1.35. The fourth-order valence-electron chi connectivity index (χ4n) is 2.60. The van der Waals surface area contributed by atoms with Gasteiger partial charge in [-0.15, -0.1) is 0 Å². The number of hydrogen-bond acceptors (Lipinski definition) is 2. The number of likely N-dealkylation sites (tertiary alicyclic amines) is 1. The van der Waals surface area contributed by atoms with Crippen LogP contribution in [0.15, 0.2) is 24.3 Å². The van der Waals surface area contributed by atoms with Crippen molar-refractivity contribution in [3.63, 3.8) is 0 Å². The summed E-state index contributed by atoms with van der Waals surface area (Å²) in [5.74, 6) is 0.186. The Morgan fingerprint density at radius 3 is 2.88 bits per heavy atom. The lowest BCUT2D eigenvalue weighted by molar-refractivity contribution is -0.129. The summed E-state index contributed by atoms with van der Waals surface area (Å²) in [6, 6.07) is 8.28. The summed E-state index contributed by atoms with van der Waals surface area (Å²) >= 11 is 0. The van der Waals surface area contributed by atoms with Crippen LogP contribution in [-0.2, 0) is 4.79 Å². The number of carbonyl (C=O) groups excluding carboxylic acids is 1. The lowest BCUT2D eigenvalue weighted by Gasteiger charge is -2.27. The number of nitrogens with zero attached hydrogens (tertiary/aromatic N) is 1. The summed E-state index contributed by atoms with van der Waals surface area (Å²) in [6.45, 7) is 4.95. The lowest BCUT2D eigenvalue weighted by atomic mass is 9.99. The summed E-state index contributed by atoms with van der Waals surface area (Å²) in [5, 5.41) is 0. The molecule has 0 unspecified atom stereocenters. The van der Waals surface area contributed by atoms with Gasteiger partial charge in [-0.2, -0.15) is 0 Å². The molecule has 3 heteroatoms. The van der Waals surface area contributed by atoms with Crippen LogP contribution in [0.2, 0.25) is 0 Å². The summed E-state index contributed by atoms with van der Waals surface area (Å²) in [7, 11) is 0. The standard InChI is InChI=1S/C14H20N2O/c1-3-7-16-13(17)9-12(15)14(16)11-6-4-5-10(2)8-11/h4-6,8,12,14H,3,7,9,15H2,1-2H3/t12-,14+/m0/s1. The average molecular weight is 232 g/mol. The van der Waals surface area contributed by atoms with Gasteiger partial charge in [-0.25, -0.2) is 0 Å². The Morgan fingerprint density at radius 1 is 1.47 bits per heavy atom. The van der Waals surface area contributed by atoms with Crippen molar-refractivity contribution in [2.75, 3.05) is 6.54 Å². The van der Waals surface area contributed by atoms with Crippen LogP contribution >= 0.6 is 0 Å². The SMILES string of the molecule is CCCN1C(=O)C[C@H](N)[C@H]1c1cccc(C)c1. The van der Waals surface area contributed by atoms with E-state index in [1.165, 1.54) is 5.56 Å². The zero-order valence-corrected chi connectivity index (χ0v) is 10.5. The Morgan fingerprint density at radius 2 is 2.24 bits per heavy atom. The Kier molecular flexibility index (Phi) is 3.48. The first-order chi connectivity index (χ1) is 8.13.